The molecule has 3 heteroatoms. The van der Waals surface area contributed by atoms with Crippen LogP contribution in [0.4, 0.5) is 0 Å². The molecule has 0 saturated heterocycles. The van der Waals surface area contributed by atoms with E-state index in [9.17, 15) is 0 Å². The summed E-state index contributed by atoms with van der Waals surface area (Å²) in [5.41, 5.74) is 0. The summed E-state index contributed by atoms with van der Waals surface area (Å²) in [4.78, 5) is 0. The molecule has 0 aliphatic carbocycles. The van der Waals surface area contributed by atoms with Gasteiger partial charge in [-0.1, -0.05) is 0 Å². The van der Waals surface area contributed by atoms with E-state index in [4.69, 9.17) is 9.47 Å². The van der Waals surface area contributed by atoms with Crippen LogP contribution in [0.5, 0.6) is 0 Å². The zero-order chi connectivity index (χ0) is 5.54. The van der Waals surface area contributed by atoms with Crippen LogP contribution in [0.3, 0.4) is 0 Å². The molecule has 0 N–H and O–H groups in total. The topological polar surface area (TPSA) is 18.5 Å². The molecule has 0 saturated carbocycles. The van der Waals surface area contributed by atoms with Gasteiger partial charge in [-0.25, -0.2) is 0 Å². The van der Waals surface area contributed by atoms with Crippen LogP contribution >= 0.6 is 0 Å². The number of methoxy groups -OCH3 is 2. The van der Waals surface area contributed by atoms with Gasteiger partial charge in [-0.15, -0.1) is 0 Å². The number of hydrogen-bond acceptors (Lipinski definition) is 2. The normalized spacial score (nSPS) is 8.29. The maximum absolute atomic E-state index is 4.85. The van der Waals surface area contributed by atoms with Gasteiger partial charge in [-0.2, -0.15) is 0 Å². The van der Waals surface area contributed by atoms with Crippen molar-refractivity contribution in [2.75, 3.05) is 24.6 Å². The zero-order valence-corrected chi connectivity index (χ0v) is 7.90. The molecule has 0 radical (unpaired) electrons. The molecule has 0 unspecified atom stereocenters. The van der Waals surface area contributed by atoms with Crippen molar-refractivity contribution in [3.63, 3.8) is 0 Å². The Balaban J connectivity index is 2.45. The average Bonchev–Trinajstić information content (AvgIpc) is 1.69. The third-order valence-electron chi connectivity index (χ3n) is 0.697. The monoisotopic (exact) mass is 154 g/mol. The van der Waals surface area contributed by atoms with Crippen LogP contribution in [-0.4, -0.2) is 24.6 Å². The molecular weight excluding hydrogens is 145 g/mol. The van der Waals surface area contributed by atoms with E-state index in [1.165, 1.54) is 0 Å². The van der Waals surface area contributed by atoms with Gasteiger partial charge in [-0.3, -0.25) is 0 Å². The molecule has 0 aromatic carbocycles. The first-order valence-corrected chi connectivity index (χ1v) is 6.59. The van der Waals surface area contributed by atoms with Crippen LogP contribution in [0.25, 0.3) is 0 Å². The maximum atomic E-state index is 4.85. The Morgan fingerprint density at radius 1 is 1.14 bits per heavy atom. The van der Waals surface area contributed by atoms with Gasteiger partial charge >= 0.3 is 51.2 Å². The van der Waals surface area contributed by atoms with Crippen molar-refractivity contribution in [3.8, 4) is 0 Å². The Morgan fingerprint density at radius 2 is 1.57 bits per heavy atom. The Hall–Kier alpha value is 0.543. The Kier molecular flexibility index (Phi) is 7.05. The Labute approximate surface area is 51.8 Å². The molecule has 0 atom stereocenters. The minimum atomic E-state index is -0.392. The van der Waals surface area contributed by atoms with Crippen molar-refractivity contribution >= 4 is 0 Å². The predicted octanol–water partition coefficient (Wildman–Crippen LogP) is 0.277. The fourth-order valence-corrected chi connectivity index (χ4v) is 1.81. The summed E-state index contributed by atoms with van der Waals surface area (Å²) in [6.45, 7) is 0. The molecule has 0 aliphatic rings. The van der Waals surface area contributed by atoms with Gasteiger partial charge in [0.15, 0.2) is 0 Å². The standard InChI is InChI=1S/2C2H5O.Zn/c2*1-3-2;/h2*1H2,2H3;. The van der Waals surface area contributed by atoms with E-state index in [-0.39, 0.29) is 0 Å². The molecule has 0 aliphatic heterocycles. The fraction of sp³-hybridized carbons (Fsp3) is 1.00. The molecule has 0 aromatic rings. The summed E-state index contributed by atoms with van der Waals surface area (Å²) in [6.07, 6.45) is 0. The van der Waals surface area contributed by atoms with Crippen LogP contribution in [0.15, 0.2) is 0 Å². The third-order valence-corrected chi connectivity index (χ3v) is 3.62. The number of ether oxygens (including phenoxy) is 2. The molecular formula is C4H10O2Zn. The van der Waals surface area contributed by atoms with Crippen molar-refractivity contribution in [1.29, 1.82) is 0 Å². The van der Waals surface area contributed by atoms with E-state index in [0.29, 0.717) is 0 Å². The van der Waals surface area contributed by atoms with Crippen LogP contribution in [0.1, 0.15) is 0 Å². The average molecular weight is 156 g/mol. The molecule has 0 amide bonds. The predicted molar refractivity (Wildman–Crippen MR) is 23.8 cm³/mol. The first-order chi connectivity index (χ1) is 3.41. The van der Waals surface area contributed by atoms with Crippen LogP contribution in [0, 0.1) is 0 Å². The summed E-state index contributed by atoms with van der Waals surface area (Å²) >= 11 is -0.392. The molecule has 0 fully saturated rings. The van der Waals surface area contributed by atoms with E-state index in [1.54, 1.807) is 14.2 Å². The Bertz CT molecular complexity index is 28.9. The van der Waals surface area contributed by atoms with Crippen molar-refractivity contribution in [2.45, 2.75) is 0 Å². The molecule has 0 rings (SSSR count). The summed E-state index contributed by atoms with van der Waals surface area (Å²) in [6, 6.07) is 0. The van der Waals surface area contributed by atoms with E-state index in [2.05, 4.69) is 0 Å². The van der Waals surface area contributed by atoms with Crippen molar-refractivity contribution in [3.05, 3.63) is 0 Å². The Morgan fingerprint density at radius 3 is 1.86 bits per heavy atom. The van der Waals surface area contributed by atoms with Crippen molar-refractivity contribution in [1.82, 2.24) is 0 Å². The fourth-order valence-electron chi connectivity index (χ4n) is 0.348. The molecule has 7 heavy (non-hydrogen) atoms. The van der Waals surface area contributed by atoms with Crippen LogP contribution in [0.2, 0.25) is 0 Å². The van der Waals surface area contributed by atoms with Gasteiger partial charge in [0.25, 0.3) is 0 Å². The molecule has 0 bridgehead atoms. The summed E-state index contributed by atoms with van der Waals surface area (Å²) < 4.78 is 9.69. The molecule has 2 nitrogen and oxygen atoms in total. The third kappa shape index (κ3) is 6.54. The van der Waals surface area contributed by atoms with Gasteiger partial charge in [0.05, 0.1) is 0 Å². The molecule has 40 valence electrons. The van der Waals surface area contributed by atoms with E-state index in [0.717, 1.165) is 10.4 Å². The molecule has 0 heterocycles. The summed E-state index contributed by atoms with van der Waals surface area (Å²) in [5, 5.41) is 1.97. The minimum absolute atomic E-state index is 0.392. The van der Waals surface area contributed by atoms with Crippen LogP contribution < -0.4 is 0 Å². The van der Waals surface area contributed by atoms with Gasteiger partial charge in [0.1, 0.15) is 0 Å². The number of rotatable bonds is 4. The van der Waals surface area contributed by atoms with Crippen molar-refractivity contribution in [2.24, 2.45) is 0 Å². The SMILES string of the molecule is CO[CH2][Zn][CH2]OC. The quantitative estimate of drug-likeness (QED) is 0.429. The van der Waals surface area contributed by atoms with E-state index >= 15 is 0 Å². The summed E-state index contributed by atoms with van der Waals surface area (Å²) in [5.74, 6) is 0. The second kappa shape index (κ2) is 6.54. The van der Waals surface area contributed by atoms with E-state index in [1.807, 2.05) is 0 Å². The second-order valence-corrected chi connectivity index (χ2v) is 4.54. The zero-order valence-electron chi connectivity index (χ0n) is 4.94. The first-order valence-electron chi connectivity index (χ1n) is 2.39. The van der Waals surface area contributed by atoms with Crippen molar-refractivity contribution < 1.29 is 26.6 Å². The van der Waals surface area contributed by atoms with Gasteiger partial charge in [0.2, 0.25) is 0 Å². The number of hydrogen-bond donors (Lipinski definition) is 0. The van der Waals surface area contributed by atoms with E-state index < -0.39 is 17.1 Å². The molecule has 0 aromatic heterocycles. The van der Waals surface area contributed by atoms with Gasteiger partial charge in [0, 0.05) is 0 Å². The first kappa shape index (κ1) is 7.54. The van der Waals surface area contributed by atoms with Gasteiger partial charge in [-0.05, 0) is 0 Å². The molecule has 0 spiro atoms. The van der Waals surface area contributed by atoms with Crippen LogP contribution in [-0.2, 0) is 26.6 Å². The summed E-state index contributed by atoms with van der Waals surface area (Å²) in [7, 11) is 3.47. The van der Waals surface area contributed by atoms with Gasteiger partial charge < -0.3 is 0 Å². The second-order valence-electron chi connectivity index (χ2n) is 1.34.